The maximum absolute atomic E-state index is 12.7. The van der Waals surface area contributed by atoms with Crippen LogP contribution in [0.4, 0.5) is 11.5 Å². The number of piperazine rings is 1. The van der Waals surface area contributed by atoms with Crippen molar-refractivity contribution < 1.29 is 4.79 Å². The van der Waals surface area contributed by atoms with E-state index in [1.165, 1.54) is 16.3 Å². The third-order valence-corrected chi connectivity index (χ3v) is 6.38. The Morgan fingerprint density at radius 1 is 0.833 bits per heavy atom. The summed E-state index contributed by atoms with van der Waals surface area (Å²) in [5, 5.41) is 2.46. The third kappa shape index (κ3) is 3.77. The van der Waals surface area contributed by atoms with E-state index in [1.807, 2.05) is 17.2 Å². The minimum absolute atomic E-state index is 0.263. The van der Waals surface area contributed by atoms with Gasteiger partial charge in [0.2, 0.25) is 5.91 Å². The first-order valence-corrected chi connectivity index (χ1v) is 11.0. The average molecular weight is 401 g/mol. The summed E-state index contributed by atoms with van der Waals surface area (Å²) in [6, 6.07) is 18.9. The smallest absolute Gasteiger partial charge is 0.227 e. The number of amides is 1. The zero-order valence-corrected chi connectivity index (χ0v) is 17.3. The van der Waals surface area contributed by atoms with Gasteiger partial charge in [-0.05, 0) is 35.9 Å². The molecule has 0 N–H and O–H groups in total. The molecule has 30 heavy (non-hydrogen) atoms. The maximum atomic E-state index is 12.7. The molecular weight excluding hydrogens is 372 g/mol. The van der Waals surface area contributed by atoms with Gasteiger partial charge in [0.05, 0.1) is 0 Å². The van der Waals surface area contributed by atoms with Crippen molar-refractivity contribution in [1.82, 2.24) is 9.88 Å². The molecule has 2 aliphatic heterocycles. The van der Waals surface area contributed by atoms with E-state index in [0.29, 0.717) is 6.42 Å². The van der Waals surface area contributed by atoms with Crippen molar-refractivity contribution in [2.75, 3.05) is 49.1 Å². The van der Waals surface area contributed by atoms with Gasteiger partial charge in [0.15, 0.2) is 0 Å². The van der Waals surface area contributed by atoms with Crippen LogP contribution in [0.5, 0.6) is 0 Å². The van der Waals surface area contributed by atoms with Crippen molar-refractivity contribution in [2.24, 2.45) is 0 Å². The largest absolute Gasteiger partial charge is 0.354 e. The second-order valence-corrected chi connectivity index (χ2v) is 8.21. The van der Waals surface area contributed by atoms with Gasteiger partial charge < -0.3 is 9.80 Å². The topological polar surface area (TPSA) is 39.7 Å². The first kappa shape index (κ1) is 19.1. The van der Waals surface area contributed by atoms with Gasteiger partial charge in [-0.2, -0.15) is 0 Å². The summed E-state index contributed by atoms with van der Waals surface area (Å²) in [6.45, 7) is 5.60. The van der Waals surface area contributed by atoms with Crippen molar-refractivity contribution in [1.29, 1.82) is 0 Å². The first-order valence-electron chi connectivity index (χ1n) is 11.0. The lowest BCUT2D eigenvalue weighted by molar-refractivity contribution is -0.118. The highest BCUT2D eigenvalue weighted by Crippen LogP contribution is 2.27. The summed E-state index contributed by atoms with van der Waals surface area (Å²) in [6.07, 6.45) is 4.50. The fourth-order valence-corrected chi connectivity index (χ4v) is 4.71. The molecule has 0 atom stereocenters. The Balaban J connectivity index is 1.23. The van der Waals surface area contributed by atoms with Crippen LogP contribution in [0.1, 0.15) is 18.4 Å². The fourth-order valence-electron chi connectivity index (χ4n) is 4.71. The summed E-state index contributed by atoms with van der Waals surface area (Å²) in [5.74, 6) is 1.35. The number of rotatable bonds is 4. The Bertz CT molecular complexity index is 1040. The highest BCUT2D eigenvalue weighted by atomic mass is 16.2. The van der Waals surface area contributed by atoms with E-state index in [2.05, 4.69) is 63.3 Å². The maximum Gasteiger partial charge on any atom is 0.227 e. The summed E-state index contributed by atoms with van der Waals surface area (Å²) in [7, 11) is 0. The molecule has 0 saturated carbocycles. The van der Waals surface area contributed by atoms with Gasteiger partial charge in [-0.15, -0.1) is 0 Å². The van der Waals surface area contributed by atoms with E-state index in [0.717, 1.165) is 63.6 Å². The Labute approximate surface area is 177 Å². The molecular formula is C25H28N4O. The third-order valence-electron chi connectivity index (χ3n) is 6.38. The fraction of sp³-hybridized carbons (Fsp3) is 0.360. The van der Waals surface area contributed by atoms with Crippen LogP contribution in [0.15, 0.2) is 60.8 Å². The number of carbonyl (C=O) groups is 1. The molecule has 0 unspecified atom stereocenters. The molecule has 2 aliphatic rings. The van der Waals surface area contributed by atoms with Crippen LogP contribution >= 0.6 is 0 Å². The normalized spacial score (nSPS) is 17.8. The number of anilines is 2. The van der Waals surface area contributed by atoms with Crippen molar-refractivity contribution in [2.45, 2.75) is 19.3 Å². The monoisotopic (exact) mass is 400 g/mol. The molecule has 0 spiro atoms. The van der Waals surface area contributed by atoms with E-state index in [1.54, 1.807) is 0 Å². The van der Waals surface area contributed by atoms with E-state index in [4.69, 9.17) is 0 Å². The summed E-state index contributed by atoms with van der Waals surface area (Å²) in [4.78, 5) is 24.3. The molecule has 5 rings (SSSR count). The van der Waals surface area contributed by atoms with Crippen molar-refractivity contribution in [3.05, 3.63) is 66.4 Å². The summed E-state index contributed by atoms with van der Waals surface area (Å²) in [5.41, 5.74) is 2.41. The van der Waals surface area contributed by atoms with Crippen LogP contribution in [-0.2, 0) is 11.2 Å². The predicted octanol–water partition coefficient (Wildman–Crippen LogP) is 3.73. The number of aromatic nitrogens is 1. The Morgan fingerprint density at radius 2 is 1.63 bits per heavy atom. The molecule has 0 radical (unpaired) electrons. The van der Waals surface area contributed by atoms with Gasteiger partial charge in [-0.25, -0.2) is 4.98 Å². The zero-order chi connectivity index (χ0) is 20.3. The number of aryl methyl sites for hydroxylation is 1. The van der Waals surface area contributed by atoms with Gasteiger partial charge in [-0.3, -0.25) is 9.69 Å². The predicted molar refractivity (Wildman–Crippen MR) is 122 cm³/mol. The molecule has 3 heterocycles. The Hall–Kier alpha value is -2.92. The lowest BCUT2D eigenvalue weighted by atomic mass is 10.1. The Morgan fingerprint density at radius 3 is 2.53 bits per heavy atom. The van der Waals surface area contributed by atoms with Gasteiger partial charge in [0.1, 0.15) is 5.82 Å². The SMILES string of the molecule is O=C1CCCc2ccccc2N1CCN1CCN(c2nccc3ccccc23)CC1. The molecule has 1 fully saturated rings. The molecule has 5 heteroatoms. The number of nitrogens with zero attached hydrogens (tertiary/aromatic N) is 4. The van der Waals surface area contributed by atoms with Gasteiger partial charge in [0, 0.05) is 63.0 Å². The first-order chi connectivity index (χ1) is 14.8. The molecule has 0 aliphatic carbocycles. The van der Waals surface area contributed by atoms with Crippen molar-refractivity contribution >= 4 is 28.2 Å². The highest BCUT2D eigenvalue weighted by Gasteiger charge is 2.24. The number of fused-ring (bicyclic) bond motifs is 2. The van der Waals surface area contributed by atoms with E-state index in [9.17, 15) is 4.79 Å². The van der Waals surface area contributed by atoms with Crippen LogP contribution in [0.3, 0.4) is 0 Å². The van der Waals surface area contributed by atoms with Crippen LogP contribution in [-0.4, -0.2) is 55.1 Å². The lowest BCUT2D eigenvalue weighted by Gasteiger charge is -2.36. The number of hydrogen-bond donors (Lipinski definition) is 0. The quantitative estimate of drug-likeness (QED) is 0.669. The molecule has 1 saturated heterocycles. The van der Waals surface area contributed by atoms with E-state index >= 15 is 0 Å². The standard InChI is InChI=1S/C25H28N4O/c30-24-11-5-8-21-7-2-4-10-23(21)29(24)19-16-27-14-17-28(18-15-27)25-22-9-3-1-6-20(22)12-13-26-25/h1-4,6-7,9-10,12-13H,5,8,11,14-19H2. The number of para-hydroxylation sites is 1. The lowest BCUT2D eigenvalue weighted by Crippen LogP contribution is -2.49. The van der Waals surface area contributed by atoms with Crippen molar-refractivity contribution in [3.8, 4) is 0 Å². The summed E-state index contributed by atoms with van der Waals surface area (Å²) >= 11 is 0. The summed E-state index contributed by atoms with van der Waals surface area (Å²) < 4.78 is 0. The Kier molecular flexibility index (Phi) is 5.37. The van der Waals surface area contributed by atoms with Crippen LogP contribution in [0, 0.1) is 0 Å². The average Bonchev–Trinajstić information content (AvgIpc) is 2.96. The number of hydrogen-bond acceptors (Lipinski definition) is 4. The number of carbonyl (C=O) groups excluding carboxylic acids is 1. The van der Waals surface area contributed by atoms with Crippen molar-refractivity contribution in [3.63, 3.8) is 0 Å². The second kappa shape index (κ2) is 8.44. The van der Waals surface area contributed by atoms with Gasteiger partial charge in [-0.1, -0.05) is 42.5 Å². The molecule has 0 bridgehead atoms. The highest BCUT2D eigenvalue weighted by molar-refractivity contribution is 5.95. The molecule has 1 aromatic heterocycles. The van der Waals surface area contributed by atoms with Crippen LogP contribution in [0.25, 0.3) is 10.8 Å². The van der Waals surface area contributed by atoms with E-state index in [-0.39, 0.29) is 5.91 Å². The second-order valence-electron chi connectivity index (χ2n) is 8.21. The number of pyridine rings is 1. The molecule has 1 amide bonds. The zero-order valence-electron chi connectivity index (χ0n) is 17.3. The van der Waals surface area contributed by atoms with Crippen LogP contribution in [0.2, 0.25) is 0 Å². The minimum atomic E-state index is 0.263. The molecule has 2 aromatic carbocycles. The van der Waals surface area contributed by atoms with Gasteiger partial charge >= 0.3 is 0 Å². The molecule has 3 aromatic rings. The van der Waals surface area contributed by atoms with E-state index < -0.39 is 0 Å². The van der Waals surface area contributed by atoms with Gasteiger partial charge in [0.25, 0.3) is 0 Å². The minimum Gasteiger partial charge on any atom is -0.354 e. The number of benzene rings is 2. The molecule has 154 valence electrons. The molecule has 5 nitrogen and oxygen atoms in total. The van der Waals surface area contributed by atoms with Crippen LogP contribution < -0.4 is 9.80 Å².